The number of phenolic OH excluding ortho intramolecular Hbond substituents is 1. The lowest BCUT2D eigenvalue weighted by molar-refractivity contribution is -0.144. The molecule has 0 heterocycles. The second-order valence-electron chi connectivity index (χ2n) is 10.8. The molecule has 0 aliphatic heterocycles. The van der Waals surface area contributed by atoms with Gasteiger partial charge in [-0.05, 0) is 75.9 Å². The molecule has 0 saturated heterocycles. The van der Waals surface area contributed by atoms with Gasteiger partial charge in [0.25, 0.3) is 0 Å². The number of benzene rings is 2. The summed E-state index contributed by atoms with van der Waals surface area (Å²) in [6, 6.07) is 10.9. The summed E-state index contributed by atoms with van der Waals surface area (Å²) in [5.41, 5.74) is 2.06. The lowest BCUT2D eigenvalue weighted by Crippen LogP contribution is -2.54. The number of aromatic hydroxyl groups is 1. The van der Waals surface area contributed by atoms with Gasteiger partial charge in [0.15, 0.2) is 0 Å². The normalized spacial score (nSPS) is 12.3. The van der Waals surface area contributed by atoms with E-state index >= 15 is 0 Å². The molecular weight excluding hydrogens is 540 g/mol. The van der Waals surface area contributed by atoms with E-state index in [0.29, 0.717) is 11.1 Å². The summed E-state index contributed by atoms with van der Waals surface area (Å²) in [5.74, 6) is -1.76. The number of carbonyl (C=O) groups is 4. The summed E-state index contributed by atoms with van der Waals surface area (Å²) in [6.45, 7) is 10.2. The summed E-state index contributed by atoms with van der Waals surface area (Å²) in [4.78, 5) is 53.5. The van der Waals surface area contributed by atoms with E-state index in [1.54, 1.807) is 52.0 Å². The topological polar surface area (TPSA) is 158 Å². The highest BCUT2D eigenvalue weighted by molar-refractivity contribution is 5.92. The molecule has 3 N–H and O–H groups in total. The number of nitrogens with zero attached hydrogens (tertiary/aromatic N) is 2. The van der Waals surface area contributed by atoms with Crippen LogP contribution in [0.2, 0.25) is 0 Å². The molecule has 2 rings (SSSR count). The van der Waals surface area contributed by atoms with Gasteiger partial charge in [0.05, 0.1) is 19.1 Å². The van der Waals surface area contributed by atoms with Crippen LogP contribution in [0.4, 0.5) is 4.79 Å². The molecule has 0 radical (unpaired) electrons. The van der Waals surface area contributed by atoms with Crippen LogP contribution in [0.3, 0.4) is 0 Å². The van der Waals surface area contributed by atoms with Gasteiger partial charge in [-0.1, -0.05) is 30.3 Å². The highest BCUT2D eigenvalue weighted by Crippen LogP contribution is 2.25. The average Bonchev–Trinajstić information content (AvgIpc) is 2.90. The van der Waals surface area contributed by atoms with Crippen molar-refractivity contribution in [2.45, 2.75) is 72.1 Å². The van der Waals surface area contributed by atoms with E-state index in [4.69, 9.17) is 9.47 Å². The molecule has 0 bridgehead atoms. The van der Waals surface area contributed by atoms with Gasteiger partial charge in [-0.15, -0.1) is 0 Å². The zero-order valence-electron chi connectivity index (χ0n) is 25.0. The van der Waals surface area contributed by atoms with Crippen LogP contribution in [0.1, 0.15) is 62.4 Å². The lowest BCUT2D eigenvalue weighted by Gasteiger charge is -2.33. The monoisotopic (exact) mass is 580 g/mol. The smallest absolute Gasteiger partial charge is 0.408 e. The Morgan fingerprint density at radius 1 is 1.05 bits per heavy atom. The first-order valence-electron chi connectivity index (χ1n) is 13.7. The highest BCUT2D eigenvalue weighted by atomic mass is 16.6. The second kappa shape index (κ2) is 15.4. The number of amides is 3. The maximum Gasteiger partial charge on any atom is 0.408 e. The number of aryl methyl sites for hydroxylation is 2. The van der Waals surface area contributed by atoms with Crippen LogP contribution in [-0.4, -0.2) is 65.2 Å². The molecule has 0 fully saturated rings. The first-order chi connectivity index (χ1) is 19.7. The maximum atomic E-state index is 14.1. The molecule has 42 heavy (non-hydrogen) atoms. The van der Waals surface area contributed by atoms with Crippen LogP contribution in [0, 0.1) is 25.2 Å². The van der Waals surface area contributed by atoms with Crippen LogP contribution in [0.15, 0.2) is 42.5 Å². The predicted octanol–water partition coefficient (Wildman–Crippen LogP) is 3.61. The standard InChI is InChI=1S/C31H40N4O7/c1-7-41-26(37)14-16-33-28(38)27(23-11-8-20(2)21(3)18-23)35(17-15-32)29(39)25(34-30(40)42-31(4,5)6)19-22-9-12-24(36)13-10-22/h8-13,18,25,27,36H,7,14,16-17,19H2,1-6H3,(H,33,38)(H,34,40). The van der Waals surface area contributed by atoms with E-state index in [9.17, 15) is 29.5 Å². The van der Waals surface area contributed by atoms with E-state index in [1.807, 2.05) is 26.0 Å². The molecule has 11 heteroatoms. The minimum Gasteiger partial charge on any atom is -0.508 e. The predicted molar refractivity (Wildman–Crippen MR) is 155 cm³/mol. The number of hydrogen-bond donors (Lipinski definition) is 3. The number of alkyl carbamates (subject to hydrolysis) is 1. The molecule has 0 aliphatic carbocycles. The summed E-state index contributed by atoms with van der Waals surface area (Å²) >= 11 is 0. The van der Waals surface area contributed by atoms with Gasteiger partial charge >= 0.3 is 12.1 Å². The van der Waals surface area contributed by atoms with E-state index < -0.39 is 48.1 Å². The molecule has 2 atom stereocenters. The number of esters is 1. The van der Waals surface area contributed by atoms with Gasteiger partial charge in [0.2, 0.25) is 11.8 Å². The van der Waals surface area contributed by atoms with Crippen molar-refractivity contribution in [3.05, 3.63) is 64.7 Å². The molecule has 2 aromatic rings. The molecule has 226 valence electrons. The largest absolute Gasteiger partial charge is 0.508 e. The third-order valence-electron chi connectivity index (χ3n) is 6.23. The zero-order chi connectivity index (χ0) is 31.4. The summed E-state index contributed by atoms with van der Waals surface area (Å²) in [7, 11) is 0. The van der Waals surface area contributed by atoms with E-state index in [2.05, 4.69) is 10.6 Å². The van der Waals surface area contributed by atoms with Crippen LogP contribution >= 0.6 is 0 Å². The van der Waals surface area contributed by atoms with Crippen molar-refractivity contribution in [1.29, 1.82) is 5.26 Å². The fourth-order valence-electron chi connectivity index (χ4n) is 4.12. The molecule has 2 unspecified atom stereocenters. The SMILES string of the molecule is CCOC(=O)CCNC(=O)C(c1ccc(C)c(C)c1)N(CC#N)C(=O)C(Cc1ccc(O)cc1)NC(=O)OC(C)(C)C. The van der Waals surface area contributed by atoms with Crippen molar-refractivity contribution in [3.63, 3.8) is 0 Å². The van der Waals surface area contributed by atoms with Crippen LogP contribution in [-0.2, 0) is 30.3 Å². The van der Waals surface area contributed by atoms with Gasteiger partial charge in [-0.3, -0.25) is 14.4 Å². The van der Waals surface area contributed by atoms with Gasteiger partial charge < -0.3 is 30.1 Å². The van der Waals surface area contributed by atoms with Crippen molar-refractivity contribution >= 4 is 23.9 Å². The minimum atomic E-state index is -1.25. The number of ether oxygens (including phenoxy) is 2. The highest BCUT2D eigenvalue weighted by Gasteiger charge is 2.36. The Labute approximate surface area is 246 Å². The van der Waals surface area contributed by atoms with Gasteiger partial charge in [-0.2, -0.15) is 5.26 Å². The molecule has 3 amide bonds. The Morgan fingerprint density at radius 3 is 2.29 bits per heavy atom. The van der Waals surface area contributed by atoms with Crippen LogP contribution in [0.25, 0.3) is 0 Å². The number of carbonyl (C=O) groups excluding carboxylic acids is 4. The van der Waals surface area contributed by atoms with Gasteiger partial charge in [0.1, 0.15) is 30.0 Å². The van der Waals surface area contributed by atoms with E-state index in [0.717, 1.165) is 16.0 Å². The molecule has 0 saturated carbocycles. The number of nitrogens with one attached hydrogen (secondary N) is 2. The minimum absolute atomic E-state index is 0.00952. The van der Waals surface area contributed by atoms with Crippen molar-refractivity contribution in [2.75, 3.05) is 19.7 Å². The van der Waals surface area contributed by atoms with E-state index in [1.165, 1.54) is 12.1 Å². The van der Waals surface area contributed by atoms with Gasteiger partial charge in [-0.25, -0.2) is 4.79 Å². The Morgan fingerprint density at radius 2 is 1.71 bits per heavy atom. The molecule has 0 aliphatic rings. The summed E-state index contributed by atoms with van der Waals surface area (Å²) in [5, 5.41) is 24.7. The number of phenols is 1. The van der Waals surface area contributed by atoms with Crippen molar-refractivity contribution in [3.8, 4) is 11.8 Å². The fraction of sp³-hybridized carbons (Fsp3) is 0.452. The van der Waals surface area contributed by atoms with Gasteiger partial charge in [0, 0.05) is 13.0 Å². The molecule has 2 aromatic carbocycles. The molecular formula is C31H40N4O7. The van der Waals surface area contributed by atoms with Crippen LogP contribution in [0.5, 0.6) is 5.75 Å². The quantitative estimate of drug-likeness (QED) is 0.254. The third kappa shape index (κ3) is 10.4. The lowest BCUT2D eigenvalue weighted by atomic mass is 9.97. The van der Waals surface area contributed by atoms with E-state index in [-0.39, 0.29) is 31.7 Å². The second-order valence-corrected chi connectivity index (χ2v) is 10.8. The zero-order valence-corrected chi connectivity index (χ0v) is 25.0. The molecule has 0 spiro atoms. The number of rotatable bonds is 12. The average molecular weight is 581 g/mol. The van der Waals surface area contributed by atoms with Crippen LogP contribution < -0.4 is 10.6 Å². The van der Waals surface area contributed by atoms with Crippen molar-refractivity contribution in [2.24, 2.45) is 0 Å². The maximum absolute atomic E-state index is 14.1. The van der Waals surface area contributed by atoms with Crippen molar-refractivity contribution < 1.29 is 33.8 Å². The molecule has 0 aromatic heterocycles. The Kier molecular flexibility index (Phi) is 12.3. The van der Waals surface area contributed by atoms with Crippen molar-refractivity contribution in [1.82, 2.24) is 15.5 Å². The Balaban J connectivity index is 2.51. The first-order valence-corrected chi connectivity index (χ1v) is 13.7. The number of nitriles is 1. The Hall–Kier alpha value is -4.59. The molecule has 11 nitrogen and oxygen atoms in total. The Bertz CT molecular complexity index is 1300. The first kappa shape index (κ1) is 33.6. The number of hydrogen-bond acceptors (Lipinski definition) is 8. The summed E-state index contributed by atoms with van der Waals surface area (Å²) in [6.07, 6.45) is -0.933. The third-order valence-corrected chi connectivity index (χ3v) is 6.23. The fourth-order valence-corrected chi connectivity index (χ4v) is 4.12. The summed E-state index contributed by atoms with van der Waals surface area (Å²) < 4.78 is 10.3.